The summed E-state index contributed by atoms with van der Waals surface area (Å²) in [4.78, 5) is 0. The first-order chi connectivity index (χ1) is 7.74. The molecule has 1 saturated carbocycles. The first-order valence-corrected chi connectivity index (χ1v) is 6.81. The van der Waals surface area contributed by atoms with Gasteiger partial charge in [-0.05, 0) is 32.6 Å². The highest BCUT2D eigenvalue weighted by molar-refractivity contribution is 4.81. The molecule has 2 fully saturated rings. The summed E-state index contributed by atoms with van der Waals surface area (Å²) in [5.41, 5.74) is 0. The van der Waals surface area contributed by atoms with Crippen LogP contribution in [0.4, 0.5) is 0 Å². The zero-order chi connectivity index (χ0) is 11.4. The van der Waals surface area contributed by atoms with Gasteiger partial charge in [-0.1, -0.05) is 12.8 Å². The molecule has 2 rings (SSSR count). The Labute approximate surface area is 99.3 Å². The van der Waals surface area contributed by atoms with Gasteiger partial charge in [-0.25, -0.2) is 0 Å². The lowest BCUT2D eigenvalue weighted by molar-refractivity contribution is 0.0707. The fourth-order valence-electron chi connectivity index (χ4n) is 2.67. The minimum Gasteiger partial charge on any atom is -0.379 e. The summed E-state index contributed by atoms with van der Waals surface area (Å²) in [5.74, 6) is 1.02. The SMILES string of the molecule is CC(CC1CC1)NC(C)CC1COCCN1. The molecule has 1 heterocycles. The van der Waals surface area contributed by atoms with Crippen LogP contribution in [0.25, 0.3) is 0 Å². The van der Waals surface area contributed by atoms with Crippen LogP contribution < -0.4 is 10.6 Å². The average molecular weight is 226 g/mol. The highest BCUT2D eigenvalue weighted by Crippen LogP contribution is 2.33. The lowest BCUT2D eigenvalue weighted by atomic mass is 10.1. The van der Waals surface area contributed by atoms with Gasteiger partial charge in [0.25, 0.3) is 0 Å². The van der Waals surface area contributed by atoms with Crippen molar-refractivity contribution in [3.8, 4) is 0 Å². The van der Waals surface area contributed by atoms with E-state index in [2.05, 4.69) is 24.5 Å². The third-order valence-electron chi connectivity index (χ3n) is 3.59. The van der Waals surface area contributed by atoms with Gasteiger partial charge in [0.2, 0.25) is 0 Å². The molecule has 1 aliphatic heterocycles. The summed E-state index contributed by atoms with van der Waals surface area (Å²) in [6.45, 7) is 7.37. The van der Waals surface area contributed by atoms with Gasteiger partial charge < -0.3 is 15.4 Å². The second kappa shape index (κ2) is 5.99. The van der Waals surface area contributed by atoms with Crippen LogP contribution >= 0.6 is 0 Å². The van der Waals surface area contributed by atoms with Crippen molar-refractivity contribution in [2.75, 3.05) is 19.8 Å². The summed E-state index contributed by atoms with van der Waals surface area (Å²) in [6.07, 6.45) is 5.45. The van der Waals surface area contributed by atoms with Crippen LogP contribution in [0.5, 0.6) is 0 Å². The fraction of sp³-hybridized carbons (Fsp3) is 1.00. The predicted octanol–water partition coefficient (Wildman–Crippen LogP) is 1.53. The lowest BCUT2D eigenvalue weighted by Crippen LogP contribution is -2.46. The van der Waals surface area contributed by atoms with E-state index in [1.165, 1.54) is 25.7 Å². The van der Waals surface area contributed by atoms with Crippen LogP contribution in [0, 0.1) is 5.92 Å². The molecule has 1 saturated heterocycles. The van der Waals surface area contributed by atoms with E-state index in [0.29, 0.717) is 18.1 Å². The first-order valence-electron chi connectivity index (χ1n) is 6.81. The Bertz CT molecular complexity index is 200. The second-order valence-electron chi connectivity index (χ2n) is 5.61. The normalized spacial score (nSPS) is 30.0. The summed E-state index contributed by atoms with van der Waals surface area (Å²) >= 11 is 0. The minimum absolute atomic E-state index is 0.546. The lowest BCUT2D eigenvalue weighted by Gasteiger charge is -2.28. The van der Waals surface area contributed by atoms with Gasteiger partial charge in [0, 0.05) is 24.7 Å². The van der Waals surface area contributed by atoms with Crippen molar-refractivity contribution in [1.29, 1.82) is 0 Å². The molecule has 0 aromatic heterocycles. The van der Waals surface area contributed by atoms with Crippen molar-refractivity contribution >= 4 is 0 Å². The molecule has 3 nitrogen and oxygen atoms in total. The Balaban J connectivity index is 1.60. The Morgan fingerprint density at radius 3 is 2.62 bits per heavy atom. The molecule has 0 amide bonds. The van der Waals surface area contributed by atoms with Crippen molar-refractivity contribution in [2.45, 2.75) is 57.7 Å². The average Bonchev–Trinajstić information content (AvgIpc) is 3.02. The number of nitrogens with one attached hydrogen (secondary N) is 2. The summed E-state index contributed by atoms with van der Waals surface area (Å²) in [5, 5.41) is 7.21. The molecule has 3 heteroatoms. The molecule has 0 spiro atoms. The van der Waals surface area contributed by atoms with Gasteiger partial charge >= 0.3 is 0 Å². The first kappa shape index (κ1) is 12.3. The number of ether oxygens (including phenoxy) is 1. The highest BCUT2D eigenvalue weighted by Gasteiger charge is 2.24. The number of rotatable bonds is 6. The monoisotopic (exact) mass is 226 g/mol. The van der Waals surface area contributed by atoms with Gasteiger partial charge in [0.1, 0.15) is 0 Å². The number of hydrogen-bond donors (Lipinski definition) is 2. The van der Waals surface area contributed by atoms with Gasteiger partial charge in [0.05, 0.1) is 13.2 Å². The Hall–Kier alpha value is -0.120. The van der Waals surface area contributed by atoms with E-state index in [9.17, 15) is 0 Å². The molecule has 3 unspecified atom stereocenters. The molecule has 0 aromatic rings. The molecule has 0 bridgehead atoms. The van der Waals surface area contributed by atoms with Crippen molar-refractivity contribution in [3.63, 3.8) is 0 Å². The molecule has 0 aromatic carbocycles. The molecule has 2 aliphatic rings. The van der Waals surface area contributed by atoms with E-state index >= 15 is 0 Å². The standard InChI is InChI=1S/C13H26N2O/c1-10(7-12-3-4-12)15-11(2)8-13-9-16-6-5-14-13/h10-15H,3-9H2,1-2H3. The summed E-state index contributed by atoms with van der Waals surface area (Å²) < 4.78 is 5.47. The third-order valence-corrected chi connectivity index (χ3v) is 3.59. The summed E-state index contributed by atoms with van der Waals surface area (Å²) in [6, 6.07) is 1.81. The zero-order valence-electron chi connectivity index (χ0n) is 10.7. The van der Waals surface area contributed by atoms with Crippen LogP contribution in [-0.4, -0.2) is 37.9 Å². The maximum atomic E-state index is 5.47. The van der Waals surface area contributed by atoms with Crippen molar-refractivity contribution in [3.05, 3.63) is 0 Å². The fourth-order valence-corrected chi connectivity index (χ4v) is 2.67. The maximum Gasteiger partial charge on any atom is 0.0620 e. The number of morpholine rings is 1. The van der Waals surface area contributed by atoms with Crippen LogP contribution in [0.3, 0.4) is 0 Å². The molecule has 2 N–H and O–H groups in total. The summed E-state index contributed by atoms with van der Waals surface area (Å²) in [7, 11) is 0. The molecule has 94 valence electrons. The van der Waals surface area contributed by atoms with Gasteiger partial charge in [-0.15, -0.1) is 0 Å². The Kier molecular flexibility index (Phi) is 4.62. The van der Waals surface area contributed by atoms with E-state index < -0.39 is 0 Å². The quantitative estimate of drug-likeness (QED) is 0.720. The molecule has 16 heavy (non-hydrogen) atoms. The van der Waals surface area contributed by atoms with E-state index in [1.54, 1.807) is 0 Å². The zero-order valence-corrected chi connectivity index (χ0v) is 10.7. The van der Waals surface area contributed by atoms with Crippen LogP contribution in [0.1, 0.15) is 39.5 Å². The second-order valence-corrected chi connectivity index (χ2v) is 5.61. The van der Waals surface area contributed by atoms with Crippen molar-refractivity contribution in [2.24, 2.45) is 5.92 Å². The molecule has 1 aliphatic carbocycles. The Morgan fingerprint density at radius 2 is 2.00 bits per heavy atom. The number of hydrogen-bond acceptors (Lipinski definition) is 3. The third kappa shape index (κ3) is 4.40. The van der Waals surface area contributed by atoms with E-state index in [-0.39, 0.29) is 0 Å². The van der Waals surface area contributed by atoms with Gasteiger partial charge in [-0.2, -0.15) is 0 Å². The predicted molar refractivity (Wildman–Crippen MR) is 66.6 cm³/mol. The van der Waals surface area contributed by atoms with Gasteiger partial charge in [-0.3, -0.25) is 0 Å². The minimum atomic E-state index is 0.546. The van der Waals surface area contributed by atoms with Crippen molar-refractivity contribution < 1.29 is 4.74 Å². The van der Waals surface area contributed by atoms with Crippen LogP contribution in [0.2, 0.25) is 0 Å². The van der Waals surface area contributed by atoms with E-state index in [0.717, 1.165) is 25.7 Å². The van der Waals surface area contributed by atoms with Crippen LogP contribution in [-0.2, 0) is 4.74 Å². The Morgan fingerprint density at radius 1 is 1.25 bits per heavy atom. The topological polar surface area (TPSA) is 33.3 Å². The smallest absolute Gasteiger partial charge is 0.0620 e. The van der Waals surface area contributed by atoms with Crippen molar-refractivity contribution in [1.82, 2.24) is 10.6 Å². The largest absolute Gasteiger partial charge is 0.379 e. The van der Waals surface area contributed by atoms with Crippen LogP contribution in [0.15, 0.2) is 0 Å². The molecular formula is C13H26N2O. The maximum absolute atomic E-state index is 5.47. The molecular weight excluding hydrogens is 200 g/mol. The van der Waals surface area contributed by atoms with E-state index in [4.69, 9.17) is 4.74 Å². The highest BCUT2D eigenvalue weighted by atomic mass is 16.5. The molecule has 0 radical (unpaired) electrons. The van der Waals surface area contributed by atoms with E-state index in [1.807, 2.05) is 0 Å². The molecule has 3 atom stereocenters. The van der Waals surface area contributed by atoms with Gasteiger partial charge in [0.15, 0.2) is 0 Å².